The van der Waals surface area contributed by atoms with Crippen LogP contribution in [0.25, 0.3) is 0 Å². The molecule has 2 atom stereocenters. The molecular formula is C20H23F2N3O2. The summed E-state index contributed by atoms with van der Waals surface area (Å²) in [5, 5.41) is 2.98. The molecule has 1 fully saturated rings. The summed E-state index contributed by atoms with van der Waals surface area (Å²) in [7, 11) is 0. The summed E-state index contributed by atoms with van der Waals surface area (Å²) in [4.78, 5) is 14.6. The van der Waals surface area contributed by atoms with Crippen LogP contribution in [0, 0.1) is 0 Å². The molecule has 144 valence electrons. The lowest BCUT2D eigenvalue weighted by atomic mass is 9.92. The molecule has 0 aromatic heterocycles. The van der Waals surface area contributed by atoms with Crippen molar-refractivity contribution in [1.82, 2.24) is 5.32 Å². The van der Waals surface area contributed by atoms with Crippen LogP contribution < -0.4 is 20.7 Å². The van der Waals surface area contributed by atoms with Gasteiger partial charge in [0, 0.05) is 19.1 Å². The Morgan fingerprint density at radius 3 is 2.59 bits per heavy atom. The van der Waals surface area contributed by atoms with Gasteiger partial charge in [-0.25, -0.2) is 0 Å². The maximum absolute atomic E-state index is 12.7. The van der Waals surface area contributed by atoms with Gasteiger partial charge < -0.3 is 20.7 Å². The van der Waals surface area contributed by atoms with E-state index in [9.17, 15) is 13.6 Å². The van der Waals surface area contributed by atoms with E-state index in [2.05, 4.69) is 10.1 Å². The normalized spacial score (nSPS) is 19.0. The zero-order chi connectivity index (χ0) is 19.4. The minimum atomic E-state index is -2.88. The zero-order valence-corrected chi connectivity index (χ0v) is 15.1. The number of carbonyl (C=O) groups excluding carboxylic acids is 1. The number of ether oxygens (including phenoxy) is 1. The van der Waals surface area contributed by atoms with Crippen molar-refractivity contribution >= 4 is 11.6 Å². The fourth-order valence-electron chi connectivity index (χ4n) is 3.26. The molecule has 1 aliphatic rings. The van der Waals surface area contributed by atoms with Gasteiger partial charge in [-0.15, -0.1) is 0 Å². The lowest BCUT2D eigenvalue weighted by molar-refractivity contribution is -0.126. The van der Waals surface area contributed by atoms with Crippen LogP contribution in [0.15, 0.2) is 54.6 Å². The van der Waals surface area contributed by atoms with Crippen LogP contribution in [-0.4, -0.2) is 31.7 Å². The molecule has 3 rings (SSSR count). The largest absolute Gasteiger partial charge is 0.433 e. The molecule has 1 aliphatic heterocycles. The zero-order valence-electron chi connectivity index (χ0n) is 15.1. The van der Waals surface area contributed by atoms with E-state index in [1.165, 1.54) is 6.07 Å². The third-order valence-corrected chi connectivity index (χ3v) is 4.79. The molecule has 0 bridgehead atoms. The van der Waals surface area contributed by atoms with E-state index >= 15 is 0 Å². The highest BCUT2D eigenvalue weighted by molar-refractivity contribution is 5.87. The van der Waals surface area contributed by atoms with Crippen molar-refractivity contribution in [2.45, 2.75) is 31.5 Å². The SMILES string of the molecule is CC(N)(C(=O)NC1CCN(c2ccccc2OC(F)F)C1)c1ccccc1. The van der Waals surface area contributed by atoms with Crippen molar-refractivity contribution in [3.05, 3.63) is 60.2 Å². The first kappa shape index (κ1) is 19.1. The van der Waals surface area contributed by atoms with Crippen LogP contribution in [0.1, 0.15) is 18.9 Å². The average molecular weight is 375 g/mol. The second kappa shape index (κ2) is 7.92. The van der Waals surface area contributed by atoms with Gasteiger partial charge in [0.1, 0.15) is 11.3 Å². The van der Waals surface area contributed by atoms with E-state index in [-0.39, 0.29) is 17.7 Å². The minimum Gasteiger partial charge on any atom is -0.433 e. The number of hydrogen-bond donors (Lipinski definition) is 2. The van der Waals surface area contributed by atoms with E-state index < -0.39 is 12.2 Å². The van der Waals surface area contributed by atoms with E-state index in [4.69, 9.17) is 5.73 Å². The van der Waals surface area contributed by atoms with Crippen LogP contribution in [0.5, 0.6) is 5.75 Å². The molecule has 0 radical (unpaired) electrons. The van der Waals surface area contributed by atoms with Crippen LogP contribution in [0.2, 0.25) is 0 Å². The average Bonchev–Trinajstić information content (AvgIpc) is 3.10. The number of amides is 1. The number of alkyl halides is 2. The van der Waals surface area contributed by atoms with Gasteiger partial charge in [-0.2, -0.15) is 8.78 Å². The van der Waals surface area contributed by atoms with Crippen molar-refractivity contribution in [1.29, 1.82) is 0 Å². The summed E-state index contributed by atoms with van der Waals surface area (Å²) < 4.78 is 29.8. The van der Waals surface area contributed by atoms with Gasteiger partial charge in [0.15, 0.2) is 0 Å². The lowest BCUT2D eigenvalue weighted by Gasteiger charge is -2.27. The minimum absolute atomic E-state index is 0.122. The third-order valence-electron chi connectivity index (χ3n) is 4.79. The summed E-state index contributed by atoms with van der Waals surface area (Å²) >= 11 is 0. The van der Waals surface area contributed by atoms with Gasteiger partial charge >= 0.3 is 6.61 Å². The number of nitrogens with two attached hydrogens (primary N) is 1. The smallest absolute Gasteiger partial charge is 0.387 e. The van der Waals surface area contributed by atoms with Gasteiger partial charge in [-0.3, -0.25) is 4.79 Å². The number of halogens is 2. The van der Waals surface area contributed by atoms with Crippen molar-refractivity contribution in [3.63, 3.8) is 0 Å². The van der Waals surface area contributed by atoms with E-state index in [0.717, 1.165) is 5.56 Å². The quantitative estimate of drug-likeness (QED) is 0.815. The van der Waals surface area contributed by atoms with Gasteiger partial charge in [0.25, 0.3) is 0 Å². The standard InChI is InChI=1S/C20H23F2N3O2/c1-20(23,14-7-3-2-4-8-14)18(26)24-15-11-12-25(13-15)16-9-5-6-10-17(16)27-19(21)22/h2-10,15,19H,11-13,23H2,1H3,(H,24,26). The Hall–Kier alpha value is -2.67. The molecule has 3 N–H and O–H groups in total. The summed E-state index contributed by atoms with van der Waals surface area (Å²) in [5.74, 6) is -0.134. The number of benzene rings is 2. The topological polar surface area (TPSA) is 67.6 Å². The molecule has 7 heteroatoms. The van der Waals surface area contributed by atoms with Crippen LogP contribution >= 0.6 is 0 Å². The Morgan fingerprint density at radius 2 is 1.89 bits per heavy atom. The highest BCUT2D eigenvalue weighted by atomic mass is 19.3. The molecule has 1 amide bonds. The predicted octanol–water partition coefficient (Wildman–Crippen LogP) is 2.86. The Morgan fingerprint density at radius 1 is 1.22 bits per heavy atom. The van der Waals surface area contributed by atoms with Crippen LogP contribution in [-0.2, 0) is 10.3 Å². The van der Waals surface area contributed by atoms with E-state index in [1.807, 2.05) is 35.2 Å². The number of hydrogen-bond acceptors (Lipinski definition) is 4. The van der Waals surface area contributed by atoms with E-state index in [1.54, 1.807) is 25.1 Å². The summed E-state index contributed by atoms with van der Waals surface area (Å²) in [6.45, 7) is -0.0783. The van der Waals surface area contributed by atoms with Gasteiger partial charge in [-0.05, 0) is 31.0 Å². The van der Waals surface area contributed by atoms with Crippen molar-refractivity contribution in [2.75, 3.05) is 18.0 Å². The van der Waals surface area contributed by atoms with Gasteiger partial charge in [0.2, 0.25) is 5.91 Å². The van der Waals surface area contributed by atoms with Crippen LogP contribution in [0.4, 0.5) is 14.5 Å². The van der Waals surface area contributed by atoms with Crippen molar-refractivity contribution in [2.24, 2.45) is 5.73 Å². The van der Waals surface area contributed by atoms with Crippen LogP contribution in [0.3, 0.4) is 0 Å². The number of rotatable bonds is 6. The molecule has 2 aromatic rings. The maximum atomic E-state index is 12.7. The molecule has 0 aliphatic carbocycles. The monoisotopic (exact) mass is 375 g/mol. The Kier molecular flexibility index (Phi) is 5.60. The number of carbonyl (C=O) groups is 1. The summed E-state index contributed by atoms with van der Waals surface area (Å²) in [5.41, 5.74) is 6.43. The van der Waals surface area contributed by atoms with Gasteiger partial charge in [0.05, 0.1) is 5.69 Å². The summed E-state index contributed by atoms with van der Waals surface area (Å²) in [6.07, 6.45) is 0.694. The fraction of sp³-hybridized carbons (Fsp3) is 0.350. The molecule has 1 heterocycles. The highest BCUT2D eigenvalue weighted by Gasteiger charge is 2.34. The second-order valence-electron chi connectivity index (χ2n) is 6.82. The first-order valence-corrected chi connectivity index (χ1v) is 8.82. The highest BCUT2D eigenvalue weighted by Crippen LogP contribution is 2.32. The fourth-order valence-corrected chi connectivity index (χ4v) is 3.26. The first-order valence-electron chi connectivity index (χ1n) is 8.82. The molecule has 1 saturated heterocycles. The second-order valence-corrected chi connectivity index (χ2v) is 6.82. The Balaban J connectivity index is 1.66. The molecule has 0 spiro atoms. The molecule has 0 saturated carbocycles. The molecule has 2 aromatic carbocycles. The Bertz CT molecular complexity index is 784. The predicted molar refractivity (Wildman–Crippen MR) is 99.8 cm³/mol. The van der Waals surface area contributed by atoms with Gasteiger partial charge in [-0.1, -0.05) is 42.5 Å². The lowest BCUT2D eigenvalue weighted by Crippen LogP contribution is -2.52. The molecular weight excluding hydrogens is 352 g/mol. The maximum Gasteiger partial charge on any atom is 0.387 e. The van der Waals surface area contributed by atoms with Crippen molar-refractivity contribution in [3.8, 4) is 5.75 Å². The van der Waals surface area contributed by atoms with Crippen molar-refractivity contribution < 1.29 is 18.3 Å². The number of anilines is 1. The Labute approximate surface area is 157 Å². The molecule has 5 nitrogen and oxygen atoms in total. The van der Waals surface area contributed by atoms with E-state index in [0.29, 0.717) is 25.2 Å². The molecule has 2 unspecified atom stereocenters. The number of nitrogens with zero attached hydrogens (tertiary/aromatic N) is 1. The molecule has 27 heavy (non-hydrogen) atoms. The first-order chi connectivity index (χ1) is 12.9. The third kappa shape index (κ3) is 4.36. The number of para-hydroxylation sites is 2. The number of nitrogens with one attached hydrogen (secondary N) is 1. The summed E-state index contributed by atoms with van der Waals surface area (Å²) in [6, 6.07) is 15.7.